The molecule has 2 N–H and O–H groups in total. The Labute approximate surface area is 191 Å². The van der Waals surface area contributed by atoms with Crippen LogP contribution >= 0.6 is 0 Å². The van der Waals surface area contributed by atoms with Crippen molar-refractivity contribution >= 4 is 34.1 Å². The van der Waals surface area contributed by atoms with E-state index in [1.807, 2.05) is 0 Å². The van der Waals surface area contributed by atoms with Crippen molar-refractivity contribution in [1.29, 1.82) is 0 Å². The summed E-state index contributed by atoms with van der Waals surface area (Å²) in [7, 11) is 3.00. The number of carbonyl (C=O) groups excluding carboxylic acids is 1. The quantitative estimate of drug-likeness (QED) is 0.372. The number of aromatic nitrogens is 1. The Hall–Kier alpha value is -4.08. The minimum Gasteiger partial charge on any atom is -0.493 e. The van der Waals surface area contributed by atoms with Crippen molar-refractivity contribution in [1.82, 2.24) is 4.98 Å². The van der Waals surface area contributed by atoms with Crippen molar-refractivity contribution in [3.8, 4) is 11.5 Å². The molecule has 0 atom stereocenters. The summed E-state index contributed by atoms with van der Waals surface area (Å²) in [5.41, 5.74) is 1.52. The Morgan fingerprint density at radius 2 is 1.73 bits per heavy atom. The molecule has 0 saturated heterocycles. The molecule has 10 heteroatoms. The van der Waals surface area contributed by atoms with Crippen LogP contribution in [-0.2, 0) is 11.3 Å². The Balaban J connectivity index is 1.83. The fraction of sp³-hybridized carbons (Fsp3) is 0.304. The lowest BCUT2D eigenvalue weighted by atomic mass is 10.1. The normalized spacial score (nSPS) is 11.1. The lowest BCUT2D eigenvalue weighted by molar-refractivity contribution is -0.384. The van der Waals surface area contributed by atoms with Gasteiger partial charge in [0.1, 0.15) is 17.5 Å². The van der Waals surface area contributed by atoms with Gasteiger partial charge >= 0.3 is 11.8 Å². The zero-order valence-corrected chi connectivity index (χ0v) is 19.1. The van der Waals surface area contributed by atoms with Gasteiger partial charge < -0.3 is 19.5 Å². The van der Waals surface area contributed by atoms with Gasteiger partial charge in [-0.2, -0.15) is 0 Å². The van der Waals surface area contributed by atoms with Gasteiger partial charge in [-0.3, -0.25) is 15.4 Å². The molecule has 0 fully saturated rings. The van der Waals surface area contributed by atoms with E-state index in [-0.39, 0.29) is 5.69 Å². The van der Waals surface area contributed by atoms with Gasteiger partial charge in [-0.25, -0.2) is 9.78 Å². The molecule has 0 aliphatic heterocycles. The number of nitro groups is 1. The maximum atomic E-state index is 11.9. The summed E-state index contributed by atoms with van der Waals surface area (Å²) < 4.78 is 15.9. The summed E-state index contributed by atoms with van der Waals surface area (Å²) in [5.74, 6) is 0.915. The molecule has 10 nitrogen and oxygen atoms in total. The number of hydrogen-bond acceptors (Lipinski definition) is 8. The highest BCUT2D eigenvalue weighted by Gasteiger charge is 2.20. The van der Waals surface area contributed by atoms with Crippen LogP contribution in [0.25, 0.3) is 10.9 Å². The first-order valence-electron chi connectivity index (χ1n) is 10.1. The van der Waals surface area contributed by atoms with Crippen molar-refractivity contribution in [2.45, 2.75) is 32.9 Å². The highest BCUT2D eigenvalue weighted by atomic mass is 16.6. The van der Waals surface area contributed by atoms with Crippen molar-refractivity contribution in [2.24, 2.45) is 0 Å². The summed E-state index contributed by atoms with van der Waals surface area (Å²) in [6.07, 6.45) is 0.668. The van der Waals surface area contributed by atoms with E-state index in [2.05, 4.69) is 15.6 Å². The molecule has 0 radical (unpaired) electrons. The number of hydrogen-bond donors (Lipinski definition) is 2. The van der Waals surface area contributed by atoms with E-state index in [0.29, 0.717) is 40.3 Å². The third kappa shape index (κ3) is 5.79. The maximum Gasteiger partial charge on any atom is 0.412 e. The molecule has 3 aromatic rings. The monoisotopic (exact) mass is 454 g/mol. The van der Waals surface area contributed by atoms with E-state index in [0.717, 1.165) is 5.56 Å². The van der Waals surface area contributed by atoms with Gasteiger partial charge in [-0.1, -0.05) is 12.1 Å². The van der Waals surface area contributed by atoms with Crippen LogP contribution in [0.15, 0.2) is 42.6 Å². The molecule has 1 heterocycles. The zero-order valence-electron chi connectivity index (χ0n) is 19.1. The summed E-state index contributed by atoms with van der Waals surface area (Å²) >= 11 is 0. The van der Waals surface area contributed by atoms with Crippen LogP contribution in [-0.4, -0.2) is 35.8 Å². The molecule has 1 aromatic heterocycles. The van der Waals surface area contributed by atoms with Gasteiger partial charge in [-0.15, -0.1) is 0 Å². The smallest absolute Gasteiger partial charge is 0.412 e. The average Bonchev–Trinajstić information content (AvgIpc) is 2.75. The second kappa shape index (κ2) is 9.60. The molecule has 3 rings (SSSR count). The molecule has 2 aromatic carbocycles. The van der Waals surface area contributed by atoms with E-state index in [1.54, 1.807) is 57.2 Å². The highest BCUT2D eigenvalue weighted by Crippen LogP contribution is 2.38. The van der Waals surface area contributed by atoms with Crippen molar-refractivity contribution < 1.29 is 23.9 Å². The van der Waals surface area contributed by atoms with E-state index < -0.39 is 16.6 Å². The molecule has 0 bridgehead atoms. The first-order valence-corrected chi connectivity index (χ1v) is 10.1. The van der Waals surface area contributed by atoms with Crippen LogP contribution < -0.4 is 20.1 Å². The van der Waals surface area contributed by atoms with Gasteiger partial charge in [-0.05, 0) is 44.5 Å². The Morgan fingerprint density at radius 1 is 1.09 bits per heavy atom. The van der Waals surface area contributed by atoms with E-state index in [1.165, 1.54) is 20.4 Å². The molecule has 0 saturated carbocycles. The van der Waals surface area contributed by atoms with Gasteiger partial charge in [0.05, 0.1) is 24.7 Å². The van der Waals surface area contributed by atoms with Crippen LogP contribution in [0.4, 0.5) is 21.9 Å². The molecular formula is C23H26N4O6. The van der Waals surface area contributed by atoms with Crippen LogP contribution in [0.1, 0.15) is 26.3 Å². The van der Waals surface area contributed by atoms with Crippen molar-refractivity contribution in [3.63, 3.8) is 0 Å². The third-order valence-electron chi connectivity index (χ3n) is 4.62. The Bertz CT molecular complexity index is 1170. The number of ether oxygens (including phenoxy) is 3. The maximum absolute atomic E-state index is 11.9. The average molecular weight is 454 g/mol. The predicted molar refractivity (Wildman–Crippen MR) is 125 cm³/mol. The number of nitrogens with zero attached hydrogens (tertiary/aromatic N) is 2. The first kappa shape index (κ1) is 23.6. The summed E-state index contributed by atoms with van der Waals surface area (Å²) in [5, 5.41) is 18.0. The van der Waals surface area contributed by atoms with E-state index in [9.17, 15) is 14.9 Å². The molecule has 0 spiro atoms. The Kier molecular flexibility index (Phi) is 6.86. The summed E-state index contributed by atoms with van der Waals surface area (Å²) in [6.45, 7) is 5.67. The van der Waals surface area contributed by atoms with Gasteiger partial charge in [0, 0.05) is 23.7 Å². The predicted octanol–water partition coefficient (Wildman–Crippen LogP) is 5.12. The molecule has 0 unspecified atom stereocenters. The largest absolute Gasteiger partial charge is 0.493 e. The minimum atomic E-state index is -0.595. The van der Waals surface area contributed by atoms with Crippen LogP contribution in [0.2, 0.25) is 0 Å². The zero-order chi connectivity index (χ0) is 24.2. The van der Waals surface area contributed by atoms with Crippen LogP contribution in [0.3, 0.4) is 0 Å². The van der Waals surface area contributed by atoms with Crippen LogP contribution in [0.5, 0.6) is 11.5 Å². The summed E-state index contributed by atoms with van der Waals surface area (Å²) in [4.78, 5) is 27.2. The second-order valence-electron chi connectivity index (χ2n) is 8.18. The standard InChI is InChI=1S/C23H26N4O6/c1-23(2,3)33-22(28)26-15-8-6-14(7-9-15)12-25-21-16-10-19(31-4)20(32-5)11-17(16)24-13-18(21)27(29)30/h6-11,13H,12H2,1-5H3,(H,24,25)(H,26,28). The van der Waals surface area contributed by atoms with E-state index in [4.69, 9.17) is 14.2 Å². The molecule has 174 valence electrons. The fourth-order valence-electron chi connectivity index (χ4n) is 3.15. The lowest BCUT2D eigenvalue weighted by Gasteiger charge is -2.19. The number of anilines is 2. The number of nitrogens with one attached hydrogen (secondary N) is 2. The van der Waals surface area contributed by atoms with Gasteiger partial charge in [0.2, 0.25) is 0 Å². The van der Waals surface area contributed by atoms with Gasteiger partial charge in [0.15, 0.2) is 11.5 Å². The Morgan fingerprint density at radius 3 is 2.30 bits per heavy atom. The lowest BCUT2D eigenvalue weighted by Crippen LogP contribution is -2.27. The topological polar surface area (TPSA) is 125 Å². The number of fused-ring (bicyclic) bond motifs is 1. The molecule has 1 amide bonds. The van der Waals surface area contributed by atoms with Gasteiger partial charge in [0.25, 0.3) is 0 Å². The highest BCUT2D eigenvalue weighted by molar-refractivity contribution is 5.97. The molecular weight excluding hydrogens is 428 g/mol. The number of methoxy groups -OCH3 is 2. The molecule has 33 heavy (non-hydrogen) atoms. The molecule has 0 aliphatic rings. The SMILES string of the molecule is COc1cc2ncc([N+](=O)[O-])c(NCc3ccc(NC(=O)OC(C)(C)C)cc3)c2cc1OC. The van der Waals surface area contributed by atoms with E-state index >= 15 is 0 Å². The number of carbonyl (C=O) groups is 1. The molecule has 0 aliphatic carbocycles. The number of amides is 1. The number of rotatable bonds is 7. The minimum absolute atomic E-state index is 0.155. The first-order chi connectivity index (χ1) is 15.6. The third-order valence-corrected chi connectivity index (χ3v) is 4.62. The fourth-order valence-corrected chi connectivity index (χ4v) is 3.15. The number of benzene rings is 2. The summed E-state index contributed by atoms with van der Waals surface area (Å²) in [6, 6.07) is 10.4. The van der Waals surface area contributed by atoms with Crippen molar-refractivity contribution in [2.75, 3.05) is 24.9 Å². The number of pyridine rings is 1. The van der Waals surface area contributed by atoms with Crippen molar-refractivity contribution in [3.05, 3.63) is 58.3 Å². The second-order valence-corrected chi connectivity index (χ2v) is 8.18. The van der Waals surface area contributed by atoms with Crippen LogP contribution in [0, 0.1) is 10.1 Å².